The predicted molar refractivity (Wildman–Crippen MR) is 85.6 cm³/mol. The van der Waals surface area contributed by atoms with E-state index in [1.165, 1.54) is 0 Å². The first-order valence-electron chi connectivity index (χ1n) is 7.46. The van der Waals surface area contributed by atoms with Crippen molar-refractivity contribution in [1.82, 2.24) is 9.97 Å². The number of anilines is 3. The minimum atomic E-state index is -0.101. The lowest BCUT2D eigenvalue weighted by atomic mass is 10.2. The van der Waals surface area contributed by atoms with Gasteiger partial charge in [0.05, 0.1) is 12.3 Å². The number of phenolic OH excluding ortho intramolecular Hbond substituents is 1. The van der Waals surface area contributed by atoms with Crippen LogP contribution in [0.25, 0.3) is 0 Å². The van der Waals surface area contributed by atoms with Crippen LogP contribution in [-0.2, 0) is 0 Å². The van der Waals surface area contributed by atoms with Crippen LogP contribution in [-0.4, -0.2) is 32.8 Å². The molecule has 1 aromatic carbocycles. The van der Waals surface area contributed by atoms with Gasteiger partial charge in [-0.3, -0.25) is 0 Å². The Bertz CT molecular complexity index is 641. The Morgan fingerprint density at radius 1 is 1.23 bits per heavy atom. The van der Waals surface area contributed by atoms with E-state index in [0.29, 0.717) is 17.7 Å². The van der Waals surface area contributed by atoms with Crippen LogP contribution in [0.3, 0.4) is 0 Å². The van der Waals surface area contributed by atoms with Gasteiger partial charge in [0, 0.05) is 23.7 Å². The third-order valence-corrected chi connectivity index (χ3v) is 3.53. The average molecular weight is 300 g/mol. The molecule has 0 spiro atoms. The molecule has 1 atom stereocenters. The van der Waals surface area contributed by atoms with Crippen molar-refractivity contribution >= 4 is 17.5 Å². The van der Waals surface area contributed by atoms with E-state index in [1.807, 2.05) is 13.0 Å². The van der Waals surface area contributed by atoms with Gasteiger partial charge in [0.1, 0.15) is 11.6 Å². The number of phenols is 1. The van der Waals surface area contributed by atoms with Crippen LogP contribution in [0.2, 0.25) is 0 Å². The Balaban J connectivity index is 1.83. The first kappa shape index (κ1) is 14.6. The molecular weight excluding hydrogens is 280 g/mol. The molecule has 0 aliphatic heterocycles. The summed E-state index contributed by atoms with van der Waals surface area (Å²) in [7, 11) is 0. The van der Waals surface area contributed by atoms with Gasteiger partial charge in [-0.25, -0.2) is 4.98 Å². The van der Waals surface area contributed by atoms with Crippen molar-refractivity contribution in [2.75, 3.05) is 17.2 Å². The summed E-state index contributed by atoms with van der Waals surface area (Å²) < 4.78 is 0. The van der Waals surface area contributed by atoms with Crippen LogP contribution in [0.5, 0.6) is 5.75 Å². The van der Waals surface area contributed by atoms with Crippen LogP contribution in [0.4, 0.5) is 17.5 Å². The minimum Gasteiger partial charge on any atom is -0.508 e. The Morgan fingerprint density at radius 3 is 2.59 bits per heavy atom. The molecule has 1 fully saturated rings. The summed E-state index contributed by atoms with van der Waals surface area (Å²) in [6, 6.07) is 8.68. The third-order valence-electron chi connectivity index (χ3n) is 3.53. The van der Waals surface area contributed by atoms with Gasteiger partial charge < -0.3 is 20.8 Å². The number of hydrogen-bond acceptors (Lipinski definition) is 6. The summed E-state index contributed by atoms with van der Waals surface area (Å²) in [5.41, 5.74) is 1.86. The van der Waals surface area contributed by atoms with Crippen LogP contribution >= 0.6 is 0 Å². The van der Waals surface area contributed by atoms with E-state index in [4.69, 9.17) is 5.11 Å². The van der Waals surface area contributed by atoms with Crippen LogP contribution in [0.15, 0.2) is 30.3 Å². The highest BCUT2D eigenvalue weighted by Crippen LogP contribution is 2.40. The van der Waals surface area contributed by atoms with E-state index in [0.717, 1.165) is 24.2 Å². The predicted octanol–water partition coefficient (Wildman–Crippen LogP) is 2.60. The Kier molecular flexibility index (Phi) is 4.11. The van der Waals surface area contributed by atoms with Crippen molar-refractivity contribution in [2.24, 2.45) is 0 Å². The van der Waals surface area contributed by atoms with Gasteiger partial charge in [-0.05, 0) is 44.0 Å². The van der Waals surface area contributed by atoms with Gasteiger partial charge >= 0.3 is 0 Å². The second-order valence-electron chi connectivity index (χ2n) is 5.68. The van der Waals surface area contributed by atoms with E-state index >= 15 is 0 Å². The standard InChI is InChI=1S/C16H20N4O2/c1-10(9-21)17-16-19-14(11-2-3-11)8-15(20-16)18-12-4-6-13(22)7-5-12/h4-8,10-11,21-22H,2-3,9H2,1H3,(H2,17,18,19,20)/t10-/m0/s1. The summed E-state index contributed by atoms with van der Waals surface area (Å²) in [5.74, 6) is 1.96. The lowest BCUT2D eigenvalue weighted by Crippen LogP contribution is -2.21. The molecular formula is C16H20N4O2. The summed E-state index contributed by atoms with van der Waals surface area (Å²) in [4.78, 5) is 8.97. The Hall–Kier alpha value is -2.34. The van der Waals surface area contributed by atoms with E-state index in [2.05, 4.69) is 20.6 Å². The van der Waals surface area contributed by atoms with Gasteiger partial charge in [0.2, 0.25) is 5.95 Å². The van der Waals surface area contributed by atoms with Crippen molar-refractivity contribution in [1.29, 1.82) is 0 Å². The number of aliphatic hydroxyl groups is 1. The molecule has 0 bridgehead atoms. The minimum absolute atomic E-state index is 0.0255. The van der Waals surface area contributed by atoms with E-state index in [-0.39, 0.29) is 18.4 Å². The van der Waals surface area contributed by atoms with Crippen molar-refractivity contribution in [2.45, 2.75) is 31.7 Å². The number of aliphatic hydroxyl groups excluding tert-OH is 1. The van der Waals surface area contributed by atoms with Crippen LogP contribution in [0.1, 0.15) is 31.4 Å². The number of hydrogen-bond donors (Lipinski definition) is 4. The topological polar surface area (TPSA) is 90.3 Å². The maximum Gasteiger partial charge on any atom is 0.225 e. The van der Waals surface area contributed by atoms with Gasteiger partial charge in [-0.1, -0.05) is 0 Å². The lowest BCUT2D eigenvalue weighted by molar-refractivity contribution is 0.281. The first-order valence-corrected chi connectivity index (χ1v) is 7.46. The number of aromatic hydroxyl groups is 1. The first-order chi connectivity index (χ1) is 10.6. The zero-order valence-electron chi connectivity index (χ0n) is 12.5. The van der Waals surface area contributed by atoms with E-state index in [9.17, 15) is 5.11 Å². The highest BCUT2D eigenvalue weighted by Gasteiger charge is 2.26. The van der Waals surface area contributed by atoms with Crippen molar-refractivity contribution < 1.29 is 10.2 Å². The second-order valence-corrected chi connectivity index (χ2v) is 5.68. The molecule has 3 rings (SSSR count). The summed E-state index contributed by atoms with van der Waals surface area (Å²) >= 11 is 0. The highest BCUT2D eigenvalue weighted by atomic mass is 16.3. The fraction of sp³-hybridized carbons (Fsp3) is 0.375. The molecule has 0 unspecified atom stereocenters. The van der Waals surface area contributed by atoms with Gasteiger partial charge in [-0.2, -0.15) is 4.98 Å². The van der Waals surface area contributed by atoms with Gasteiger partial charge in [0.25, 0.3) is 0 Å². The molecule has 0 saturated heterocycles. The number of benzene rings is 1. The maximum absolute atomic E-state index is 9.33. The van der Waals surface area contributed by atoms with Gasteiger partial charge in [-0.15, -0.1) is 0 Å². The molecule has 1 aromatic heterocycles. The molecule has 0 amide bonds. The lowest BCUT2D eigenvalue weighted by Gasteiger charge is -2.14. The van der Waals surface area contributed by atoms with E-state index in [1.54, 1.807) is 24.3 Å². The molecule has 2 aromatic rings. The molecule has 1 saturated carbocycles. The zero-order valence-corrected chi connectivity index (χ0v) is 12.5. The summed E-state index contributed by atoms with van der Waals surface area (Å²) in [6.45, 7) is 1.90. The van der Waals surface area contributed by atoms with Crippen LogP contribution in [0, 0.1) is 0 Å². The van der Waals surface area contributed by atoms with Crippen molar-refractivity contribution in [3.05, 3.63) is 36.0 Å². The zero-order chi connectivity index (χ0) is 15.5. The van der Waals surface area contributed by atoms with Crippen LogP contribution < -0.4 is 10.6 Å². The summed E-state index contributed by atoms with van der Waals surface area (Å²) in [6.07, 6.45) is 2.31. The molecule has 6 heteroatoms. The number of nitrogens with zero attached hydrogens (tertiary/aromatic N) is 2. The normalized spacial score (nSPS) is 15.4. The molecule has 22 heavy (non-hydrogen) atoms. The van der Waals surface area contributed by atoms with E-state index < -0.39 is 0 Å². The molecule has 1 aliphatic carbocycles. The molecule has 116 valence electrons. The highest BCUT2D eigenvalue weighted by molar-refractivity contribution is 5.58. The smallest absolute Gasteiger partial charge is 0.225 e. The van der Waals surface area contributed by atoms with Gasteiger partial charge in [0.15, 0.2) is 0 Å². The molecule has 0 radical (unpaired) electrons. The fourth-order valence-electron chi connectivity index (χ4n) is 2.14. The second kappa shape index (κ2) is 6.19. The van der Waals surface area contributed by atoms with Crippen molar-refractivity contribution in [3.63, 3.8) is 0 Å². The molecule has 6 nitrogen and oxygen atoms in total. The largest absolute Gasteiger partial charge is 0.508 e. The summed E-state index contributed by atoms with van der Waals surface area (Å²) in [5, 5.41) is 24.8. The monoisotopic (exact) mass is 300 g/mol. The number of rotatable bonds is 6. The Labute approximate surface area is 129 Å². The maximum atomic E-state index is 9.33. The number of aromatic nitrogens is 2. The Morgan fingerprint density at radius 2 is 1.95 bits per heavy atom. The fourth-order valence-corrected chi connectivity index (χ4v) is 2.14. The number of nitrogens with one attached hydrogen (secondary N) is 2. The van der Waals surface area contributed by atoms with Crippen molar-refractivity contribution in [3.8, 4) is 5.75 Å². The average Bonchev–Trinajstić information content (AvgIpc) is 3.34. The SMILES string of the molecule is C[C@@H](CO)Nc1nc(Nc2ccc(O)cc2)cc(C2CC2)n1. The third kappa shape index (κ3) is 3.65. The molecule has 4 N–H and O–H groups in total. The quantitative estimate of drug-likeness (QED) is 0.613. The molecule has 1 aliphatic rings. The molecule has 1 heterocycles.